The fourth-order valence-electron chi connectivity index (χ4n) is 1.43. The second-order valence-corrected chi connectivity index (χ2v) is 3.90. The summed E-state index contributed by atoms with van der Waals surface area (Å²) in [4.78, 5) is 0. The summed E-state index contributed by atoms with van der Waals surface area (Å²) >= 11 is 5.86. The molecule has 14 heavy (non-hydrogen) atoms. The highest BCUT2D eigenvalue weighted by Crippen LogP contribution is 2.28. The van der Waals surface area contributed by atoms with E-state index < -0.39 is 0 Å². The average Bonchev–Trinajstić information content (AvgIpc) is 2.14. The molecule has 1 aromatic carbocycles. The van der Waals surface area contributed by atoms with E-state index in [9.17, 15) is 5.11 Å². The fourth-order valence-corrected chi connectivity index (χ4v) is 1.71. The van der Waals surface area contributed by atoms with Gasteiger partial charge >= 0.3 is 0 Å². The third-order valence-corrected chi connectivity index (χ3v) is 2.52. The summed E-state index contributed by atoms with van der Waals surface area (Å²) in [5.41, 5.74) is 7.41. The number of aromatic hydroxyl groups is 1. The van der Waals surface area contributed by atoms with Crippen LogP contribution in [0, 0.1) is 6.92 Å². The van der Waals surface area contributed by atoms with E-state index in [0.717, 1.165) is 31.4 Å². The SMILES string of the molecule is Cc1cc(CCCCN)cc(Cl)c1O. The Kier molecular flexibility index (Phi) is 4.23. The van der Waals surface area contributed by atoms with E-state index in [1.165, 1.54) is 5.56 Å². The minimum atomic E-state index is 0.189. The Morgan fingerprint density at radius 3 is 2.64 bits per heavy atom. The lowest BCUT2D eigenvalue weighted by atomic mass is 10.1. The maximum absolute atomic E-state index is 9.45. The first-order valence-electron chi connectivity index (χ1n) is 4.83. The average molecular weight is 214 g/mol. The molecule has 1 aromatic rings. The van der Waals surface area contributed by atoms with Gasteiger partial charge in [0.25, 0.3) is 0 Å². The Bertz CT molecular complexity index is 289. The molecule has 3 N–H and O–H groups in total. The molecule has 2 nitrogen and oxygen atoms in total. The number of aryl methyl sites for hydroxylation is 2. The molecule has 0 spiro atoms. The van der Waals surface area contributed by atoms with Crippen LogP contribution in [0.1, 0.15) is 24.0 Å². The van der Waals surface area contributed by atoms with Gasteiger partial charge in [-0.3, -0.25) is 0 Å². The Morgan fingerprint density at radius 2 is 2.07 bits per heavy atom. The third-order valence-electron chi connectivity index (χ3n) is 2.23. The van der Waals surface area contributed by atoms with E-state index in [0.29, 0.717) is 5.02 Å². The van der Waals surface area contributed by atoms with Crippen molar-refractivity contribution in [3.8, 4) is 5.75 Å². The standard InChI is InChI=1S/C11H16ClNO/c1-8-6-9(4-2-3-5-13)7-10(12)11(8)14/h6-7,14H,2-5,13H2,1H3. The smallest absolute Gasteiger partial charge is 0.137 e. The first-order chi connectivity index (χ1) is 6.65. The van der Waals surface area contributed by atoms with Crippen LogP contribution < -0.4 is 5.73 Å². The number of benzene rings is 1. The molecule has 0 saturated heterocycles. The number of phenolic OH excluding ortho intramolecular Hbond substituents is 1. The van der Waals surface area contributed by atoms with Gasteiger partial charge in [0, 0.05) is 0 Å². The number of rotatable bonds is 4. The summed E-state index contributed by atoms with van der Waals surface area (Å²) in [6.45, 7) is 2.58. The second kappa shape index (κ2) is 5.23. The van der Waals surface area contributed by atoms with Crippen LogP contribution in [0.3, 0.4) is 0 Å². The topological polar surface area (TPSA) is 46.2 Å². The van der Waals surface area contributed by atoms with E-state index in [1.54, 1.807) is 0 Å². The number of unbranched alkanes of at least 4 members (excludes halogenated alkanes) is 1. The van der Waals surface area contributed by atoms with Gasteiger partial charge in [-0.15, -0.1) is 0 Å². The highest BCUT2D eigenvalue weighted by molar-refractivity contribution is 6.32. The van der Waals surface area contributed by atoms with Crippen molar-refractivity contribution >= 4 is 11.6 Å². The second-order valence-electron chi connectivity index (χ2n) is 3.49. The Labute approximate surface area is 89.7 Å². The van der Waals surface area contributed by atoms with Crippen LogP contribution in [0.5, 0.6) is 5.75 Å². The molecule has 0 aliphatic carbocycles. The van der Waals surface area contributed by atoms with E-state index in [-0.39, 0.29) is 5.75 Å². The van der Waals surface area contributed by atoms with Gasteiger partial charge in [-0.25, -0.2) is 0 Å². The maximum Gasteiger partial charge on any atom is 0.137 e. The van der Waals surface area contributed by atoms with Gasteiger partial charge in [-0.2, -0.15) is 0 Å². The van der Waals surface area contributed by atoms with Crippen molar-refractivity contribution in [1.29, 1.82) is 0 Å². The first-order valence-corrected chi connectivity index (χ1v) is 5.21. The van der Waals surface area contributed by atoms with Crippen molar-refractivity contribution < 1.29 is 5.11 Å². The zero-order valence-electron chi connectivity index (χ0n) is 8.39. The molecular weight excluding hydrogens is 198 g/mol. The van der Waals surface area contributed by atoms with Crippen molar-refractivity contribution in [3.05, 3.63) is 28.3 Å². The van der Waals surface area contributed by atoms with Gasteiger partial charge in [0.2, 0.25) is 0 Å². The summed E-state index contributed by atoms with van der Waals surface area (Å²) in [6.07, 6.45) is 3.06. The Hall–Kier alpha value is -0.730. The molecule has 1 rings (SSSR count). The minimum absolute atomic E-state index is 0.189. The zero-order chi connectivity index (χ0) is 10.6. The van der Waals surface area contributed by atoms with Crippen LogP contribution in [0.15, 0.2) is 12.1 Å². The van der Waals surface area contributed by atoms with Crippen molar-refractivity contribution in [2.75, 3.05) is 6.54 Å². The monoisotopic (exact) mass is 213 g/mol. The minimum Gasteiger partial charge on any atom is -0.506 e. The maximum atomic E-state index is 9.45. The van der Waals surface area contributed by atoms with Crippen LogP contribution in [-0.4, -0.2) is 11.7 Å². The van der Waals surface area contributed by atoms with E-state index in [1.807, 2.05) is 19.1 Å². The molecule has 0 amide bonds. The highest BCUT2D eigenvalue weighted by Gasteiger charge is 2.04. The van der Waals surface area contributed by atoms with Crippen molar-refractivity contribution in [2.24, 2.45) is 5.73 Å². The quantitative estimate of drug-likeness (QED) is 0.756. The predicted molar refractivity (Wildman–Crippen MR) is 59.8 cm³/mol. The number of phenols is 1. The molecule has 0 unspecified atom stereocenters. The number of hydrogen-bond acceptors (Lipinski definition) is 2. The molecule has 0 atom stereocenters. The molecule has 0 aliphatic rings. The van der Waals surface area contributed by atoms with Gasteiger partial charge in [0.1, 0.15) is 5.75 Å². The number of nitrogens with two attached hydrogens (primary N) is 1. The molecule has 0 aliphatic heterocycles. The molecule has 0 bridgehead atoms. The lowest BCUT2D eigenvalue weighted by Crippen LogP contribution is -1.99. The van der Waals surface area contributed by atoms with E-state index >= 15 is 0 Å². The van der Waals surface area contributed by atoms with Crippen LogP contribution >= 0.6 is 11.6 Å². The Balaban J connectivity index is 2.69. The Morgan fingerprint density at radius 1 is 1.36 bits per heavy atom. The lowest BCUT2D eigenvalue weighted by molar-refractivity contribution is 0.471. The summed E-state index contributed by atoms with van der Waals surface area (Å²) in [5, 5.41) is 9.89. The third kappa shape index (κ3) is 2.89. The molecule has 78 valence electrons. The zero-order valence-corrected chi connectivity index (χ0v) is 9.14. The summed E-state index contributed by atoms with van der Waals surface area (Å²) in [6, 6.07) is 3.79. The predicted octanol–water partition coefficient (Wildman–Crippen LogP) is 2.64. The van der Waals surface area contributed by atoms with Gasteiger partial charge in [0.15, 0.2) is 0 Å². The summed E-state index contributed by atoms with van der Waals surface area (Å²) in [5.74, 6) is 0.189. The summed E-state index contributed by atoms with van der Waals surface area (Å²) < 4.78 is 0. The molecular formula is C11H16ClNO. The highest BCUT2D eigenvalue weighted by atomic mass is 35.5. The molecule has 0 heterocycles. The molecule has 3 heteroatoms. The van der Waals surface area contributed by atoms with Crippen molar-refractivity contribution in [3.63, 3.8) is 0 Å². The molecule has 0 aromatic heterocycles. The van der Waals surface area contributed by atoms with Gasteiger partial charge in [-0.05, 0) is 49.9 Å². The summed E-state index contributed by atoms with van der Waals surface area (Å²) in [7, 11) is 0. The molecule has 0 radical (unpaired) electrons. The molecule has 0 fully saturated rings. The normalized spacial score (nSPS) is 10.5. The van der Waals surface area contributed by atoms with E-state index in [2.05, 4.69) is 0 Å². The fraction of sp³-hybridized carbons (Fsp3) is 0.455. The number of hydrogen-bond donors (Lipinski definition) is 2. The van der Waals surface area contributed by atoms with Gasteiger partial charge < -0.3 is 10.8 Å². The van der Waals surface area contributed by atoms with Gasteiger partial charge in [-0.1, -0.05) is 17.7 Å². The van der Waals surface area contributed by atoms with Crippen LogP contribution in [0.4, 0.5) is 0 Å². The van der Waals surface area contributed by atoms with Crippen LogP contribution in [0.2, 0.25) is 5.02 Å². The lowest BCUT2D eigenvalue weighted by Gasteiger charge is -2.06. The van der Waals surface area contributed by atoms with Gasteiger partial charge in [0.05, 0.1) is 5.02 Å². The van der Waals surface area contributed by atoms with Crippen LogP contribution in [-0.2, 0) is 6.42 Å². The van der Waals surface area contributed by atoms with Crippen molar-refractivity contribution in [1.82, 2.24) is 0 Å². The molecule has 0 saturated carbocycles. The number of halogens is 1. The largest absolute Gasteiger partial charge is 0.506 e. The first kappa shape index (κ1) is 11.3. The van der Waals surface area contributed by atoms with Crippen LogP contribution in [0.25, 0.3) is 0 Å². The van der Waals surface area contributed by atoms with Crippen molar-refractivity contribution in [2.45, 2.75) is 26.2 Å². The van der Waals surface area contributed by atoms with E-state index in [4.69, 9.17) is 17.3 Å².